The molecule has 0 radical (unpaired) electrons. The second kappa shape index (κ2) is 9.26. The molecule has 0 aliphatic heterocycles. The largest absolute Gasteiger partial charge is 0.497 e. The van der Waals surface area contributed by atoms with Gasteiger partial charge in [0.1, 0.15) is 11.6 Å². The number of anilines is 1. The van der Waals surface area contributed by atoms with Gasteiger partial charge < -0.3 is 20.8 Å². The van der Waals surface area contributed by atoms with Crippen LogP contribution < -0.4 is 15.8 Å². The topological polar surface area (TPSA) is 88.3 Å². The highest BCUT2D eigenvalue weighted by Gasteiger charge is 2.01. The minimum atomic E-state index is 0. The van der Waals surface area contributed by atoms with Crippen molar-refractivity contribution in [1.29, 1.82) is 0 Å². The average molecular weight is 451 g/mol. The van der Waals surface area contributed by atoms with Gasteiger partial charge in [0.05, 0.1) is 18.1 Å². The molecule has 2 aromatic carbocycles. The molecule has 3 aromatic rings. The molecule has 25 heavy (non-hydrogen) atoms. The van der Waals surface area contributed by atoms with Gasteiger partial charge in [-0.2, -0.15) is 0 Å². The van der Waals surface area contributed by atoms with E-state index in [2.05, 4.69) is 20.3 Å². The van der Waals surface area contributed by atoms with Crippen LogP contribution in [0.5, 0.6) is 5.75 Å². The summed E-state index contributed by atoms with van der Waals surface area (Å²) in [6, 6.07) is 15.6. The minimum Gasteiger partial charge on any atom is -0.497 e. The summed E-state index contributed by atoms with van der Waals surface area (Å²) in [4.78, 5) is 12.2. The Hall–Kier alpha value is -2.29. The van der Waals surface area contributed by atoms with Crippen LogP contribution in [0.1, 0.15) is 12.2 Å². The monoisotopic (exact) mass is 451 g/mol. The van der Waals surface area contributed by atoms with E-state index >= 15 is 0 Å². The van der Waals surface area contributed by atoms with E-state index in [1.54, 1.807) is 7.11 Å². The summed E-state index contributed by atoms with van der Waals surface area (Å²) in [6.45, 7) is 0.645. The van der Waals surface area contributed by atoms with Crippen molar-refractivity contribution in [3.63, 3.8) is 0 Å². The van der Waals surface area contributed by atoms with Gasteiger partial charge in [-0.25, -0.2) is 4.98 Å². The quantitative estimate of drug-likeness (QED) is 0.232. The predicted octanol–water partition coefficient (Wildman–Crippen LogP) is 3.55. The number of aromatic nitrogens is 2. The fourth-order valence-electron chi connectivity index (χ4n) is 2.43. The number of H-pyrrole nitrogens is 1. The van der Waals surface area contributed by atoms with E-state index in [-0.39, 0.29) is 24.0 Å². The molecular formula is C18H22IN5O. The first kappa shape index (κ1) is 19.0. The number of hydrogen-bond donors (Lipinski definition) is 3. The second-order valence-electron chi connectivity index (χ2n) is 5.42. The summed E-state index contributed by atoms with van der Waals surface area (Å²) < 4.78 is 5.12. The number of rotatable bonds is 6. The van der Waals surface area contributed by atoms with Crippen LogP contribution in [0.2, 0.25) is 0 Å². The third-order valence-electron chi connectivity index (χ3n) is 3.65. The number of aryl methyl sites for hydroxylation is 1. The molecular weight excluding hydrogens is 429 g/mol. The molecule has 0 fully saturated rings. The number of nitrogens with one attached hydrogen (secondary N) is 2. The number of guanidine groups is 1. The van der Waals surface area contributed by atoms with E-state index in [4.69, 9.17) is 10.5 Å². The molecule has 0 aliphatic carbocycles. The Morgan fingerprint density at radius 2 is 1.96 bits per heavy atom. The highest BCUT2D eigenvalue weighted by Crippen LogP contribution is 2.14. The van der Waals surface area contributed by atoms with Crippen LogP contribution in [0.4, 0.5) is 5.69 Å². The van der Waals surface area contributed by atoms with Gasteiger partial charge in [0.2, 0.25) is 0 Å². The average Bonchev–Trinajstić information content (AvgIpc) is 3.02. The van der Waals surface area contributed by atoms with Gasteiger partial charge in [-0.3, -0.25) is 4.99 Å². The molecule has 0 saturated heterocycles. The summed E-state index contributed by atoms with van der Waals surface area (Å²) in [7, 11) is 1.64. The van der Waals surface area contributed by atoms with E-state index < -0.39 is 0 Å². The lowest BCUT2D eigenvalue weighted by Gasteiger charge is -2.06. The summed E-state index contributed by atoms with van der Waals surface area (Å²) >= 11 is 0. The number of imidazole rings is 1. The second-order valence-corrected chi connectivity index (χ2v) is 5.42. The van der Waals surface area contributed by atoms with Crippen LogP contribution in [0.25, 0.3) is 11.0 Å². The van der Waals surface area contributed by atoms with Crippen molar-refractivity contribution in [1.82, 2.24) is 9.97 Å². The summed E-state index contributed by atoms with van der Waals surface area (Å²) in [5, 5.41) is 3.06. The van der Waals surface area contributed by atoms with Gasteiger partial charge in [0.15, 0.2) is 5.96 Å². The molecule has 6 nitrogen and oxygen atoms in total. The fraction of sp³-hybridized carbons (Fsp3) is 0.222. The van der Waals surface area contributed by atoms with Gasteiger partial charge >= 0.3 is 0 Å². The van der Waals surface area contributed by atoms with E-state index in [1.165, 1.54) is 0 Å². The number of fused-ring (bicyclic) bond motifs is 1. The first-order valence-corrected chi connectivity index (χ1v) is 7.89. The Morgan fingerprint density at radius 1 is 1.20 bits per heavy atom. The van der Waals surface area contributed by atoms with Gasteiger partial charge in [-0.1, -0.05) is 12.1 Å². The van der Waals surface area contributed by atoms with Gasteiger partial charge in [-0.05, 0) is 42.8 Å². The molecule has 132 valence electrons. The minimum absolute atomic E-state index is 0. The molecule has 3 rings (SSSR count). The first-order valence-electron chi connectivity index (χ1n) is 7.89. The van der Waals surface area contributed by atoms with Crippen molar-refractivity contribution in [2.45, 2.75) is 12.8 Å². The van der Waals surface area contributed by atoms with Crippen LogP contribution in [-0.2, 0) is 6.42 Å². The standard InChI is InChI=1S/C18H21N5O.HI/c1-24-14-10-8-13(9-11-14)21-18(19)20-12-4-7-17-22-15-5-2-3-6-16(15)23-17;/h2-3,5-6,8-11H,4,7,12H2,1H3,(H,22,23)(H3,19,20,21);1H. The number of halogens is 1. The highest BCUT2D eigenvalue weighted by molar-refractivity contribution is 14.0. The maximum absolute atomic E-state index is 5.90. The lowest BCUT2D eigenvalue weighted by atomic mass is 10.3. The Labute approximate surface area is 163 Å². The molecule has 0 unspecified atom stereocenters. The summed E-state index contributed by atoms with van der Waals surface area (Å²) in [5.74, 6) is 2.19. The molecule has 4 N–H and O–H groups in total. The number of aliphatic imine (C=N–C) groups is 1. The molecule has 0 amide bonds. The van der Waals surface area contributed by atoms with Gasteiger partial charge in [-0.15, -0.1) is 24.0 Å². The predicted molar refractivity (Wildman–Crippen MR) is 113 cm³/mol. The zero-order valence-electron chi connectivity index (χ0n) is 14.0. The van der Waals surface area contributed by atoms with E-state index in [0.29, 0.717) is 12.5 Å². The van der Waals surface area contributed by atoms with Crippen LogP contribution >= 0.6 is 24.0 Å². The van der Waals surface area contributed by atoms with Gasteiger partial charge in [0, 0.05) is 18.7 Å². The molecule has 7 heteroatoms. The third-order valence-corrected chi connectivity index (χ3v) is 3.65. The molecule has 0 aliphatic rings. The van der Waals surface area contributed by atoms with Crippen molar-refractivity contribution in [2.75, 3.05) is 19.0 Å². The SMILES string of the molecule is COc1ccc(NC(N)=NCCCc2nc3ccccc3[nH]2)cc1.I. The Balaban J connectivity index is 0.00000225. The maximum atomic E-state index is 5.90. The molecule has 1 aromatic heterocycles. The van der Waals surface area contributed by atoms with Gasteiger partial charge in [0.25, 0.3) is 0 Å². The molecule has 0 spiro atoms. The summed E-state index contributed by atoms with van der Waals surface area (Å²) in [5.41, 5.74) is 8.85. The Kier molecular flexibility index (Phi) is 7.05. The fourth-order valence-corrected chi connectivity index (χ4v) is 2.43. The molecule has 0 atom stereocenters. The first-order chi connectivity index (χ1) is 11.7. The van der Waals surface area contributed by atoms with Crippen molar-refractivity contribution >= 4 is 46.7 Å². The Morgan fingerprint density at radius 3 is 2.68 bits per heavy atom. The van der Waals surface area contributed by atoms with Crippen LogP contribution in [0.15, 0.2) is 53.5 Å². The Bertz CT molecular complexity index is 796. The normalized spacial score (nSPS) is 11.2. The number of methoxy groups -OCH3 is 1. The zero-order valence-corrected chi connectivity index (χ0v) is 16.4. The lowest BCUT2D eigenvalue weighted by molar-refractivity contribution is 0.415. The number of benzene rings is 2. The summed E-state index contributed by atoms with van der Waals surface area (Å²) in [6.07, 6.45) is 1.72. The molecule has 0 bridgehead atoms. The maximum Gasteiger partial charge on any atom is 0.193 e. The van der Waals surface area contributed by atoms with E-state index in [1.807, 2.05) is 48.5 Å². The van der Waals surface area contributed by atoms with Crippen LogP contribution in [0, 0.1) is 0 Å². The van der Waals surface area contributed by atoms with Crippen molar-refractivity contribution in [2.24, 2.45) is 10.7 Å². The van der Waals surface area contributed by atoms with Crippen molar-refractivity contribution in [3.05, 3.63) is 54.4 Å². The van der Waals surface area contributed by atoms with E-state index in [0.717, 1.165) is 41.1 Å². The highest BCUT2D eigenvalue weighted by atomic mass is 127. The van der Waals surface area contributed by atoms with Crippen LogP contribution in [0.3, 0.4) is 0 Å². The number of para-hydroxylation sites is 2. The van der Waals surface area contributed by atoms with Crippen molar-refractivity contribution in [3.8, 4) is 5.75 Å². The number of ether oxygens (including phenoxy) is 1. The number of aromatic amines is 1. The van der Waals surface area contributed by atoms with E-state index in [9.17, 15) is 0 Å². The zero-order chi connectivity index (χ0) is 16.8. The molecule has 1 heterocycles. The number of nitrogens with zero attached hydrogens (tertiary/aromatic N) is 2. The number of hydrogen-bond acceptors (Lipinski definition) is 3. The van der Waals surface area contributed by atoms with Crippen LogP contribution in [-0.4, -0.2) is 29.6 Å². The number of nitrogens with two attached hydrogens (primary N) is 1. The lowest BCUT2D eigenvalue weighted by Crippen LogP contribution is -2.22. The third kappa shape index (κ3) is 5.35. The van der Waals surface area contributed by atoms with Crippen molar-refractivity contribution < 1.29 is 4.74 Å². The smallest absolute Gasteiger partial charge is 0.193 e. The molecule has 0 saturated carbocycles.